The van der Waals surface area contributed by atoms with Crippen molar-refractivity contribution in [2.75, 3.05) is 32.1 Å². The van der Waals surface area contributed by atoms with Crippen LogP contribution >= 0.6 is 22.9 Å². The first-order valence-electron chi connectivity index (χ1n) is 8.56. The van der Waals surface area contributed by atoms with Crippen molar-refractivity contribution in [1.29, 1.82) is 0 Å². The van der Waals surface area contributed by atoms with Crippen LogP contribution in [0.4, 0.5) is 10.5 Å². The lowest BCUT2D eigenvalue weighted by Crippen LogP contribution is -2.36. The van der Waals surface area contributed by atoms with Crippen molar-refractivity contribution in [3.05, 3.63) is 45.4 Å². The Bertz CT molecular complexity index is 751. The van der Waals surface area contributed by atoms with E-state index in [4.69, 9.17) is 16.3 Å². The summed E-state index contributed by atoms with van der Waals surface area (Å²) in [5, 5.41) is 8.60. The number of hydrogen-bond acceptors (Lipinski definition) is 5. The summed E-state index contributed by atoms with van der Waals surface area (Å²) in [7, 11) is 1.58. The van der Waals surface area contributed by atoms with Crippen molar-refractivity contribution >= 4 is 40.6 Å². The Balaban J connectivity index is 2.02. The highest BCUT2D eigenvalue weighted by Crippen LogP contribution is 2.16. The minimum Gasteiger partial charge on any atom is -0.383 e. The van der Waals surface area contributed by atoms with Gasteiger partial charge in [0.05, 0.1) is 13.2 Å². The lowest BCUT2D eigenvalue weighted by atomic mass is 10.3. The van der Waals surface area contributed by atoms with E-state index in [1.54, 1.807) is 41.7 Å². The fourth-order valence-corrected chi connectivity index (χ4v) is 3.08. The van der Waals surface area contributed by atoms with Gasteiger partial charge in [-0.3, -0.25) is 4.79 Å². The van der Waals surface area contributed by atoms with Crippen LogP contribution in [-0.4, -0.2) is 48.6 Å². The van der Waals surface area contributed by atoms with Crippen molar-refractivity contribution in [3.63, 3.8) is 0 Å². The molecule has 0 fully saturated rings. The van der Waals surface area contributed by atoms with E-state index >= 15 is 0 Å². The Morgan fingerprint density at radius 1 is 1.30 bits per heavy atom. The minimum atomic E-state index is -0.276. The molecule has 9 heteroatoms. The average Bonchev–Trinajstić information content (AvgIpc) is 3.13. The molecule has 0 spiro atoms. The van der Waals surface area contributed by atoms with Crippen molar-refractivity contribution in [2.45, 2.75) is 19.9 Å². The number of amides is 3. The first kappa shape index (κ1) is 21.1. The Morgan fingerprint density at radius 3 is 2.70 bits per heavy atom. The third kappa shape index (κ3) is 6.82. The highest BCUT2D eigenvalue weighted by atomic mass is 35.5. The van der Waals surface area contributed by atoms with E-state index < -0.39 is 0 Å². The van der Waals surface area contributed by atoms with E-state index in [0.29, 0.717) is 41.1 Å². The van der Waals surface area contributed by atoms with E-state index in [0.717, 1.165) is 6.42 Å². The van der Waals surface area contributed by atoms with Gasteiger partial charge in [-0.05, 0) is 30.7 Å². The van der Waals surface area contributed by atoms with Gasteiger partial charge >= 0.3 is 6.03 Å². The van der Waals surface area contributed by atoms with Gasteiger partial charge in [-0.15, -0.1) is 11.3 Å². The lowest BCUT2D eigenvalue weighted by molar-refractivity contribution is 0.0949. The molecule has 0 aliphatic heterocycles. The van der Waals surface area contributed by atoms with Crippen LogP contribution in [0.5, 0.6) is 0 Å². The van der Waals surface area contributed by atoms with Gasteiger partial charge in [0.15, 0.2) is 0 Å². The van der Waals surface area contributed by atoms with Gasteiger partial charge in [0.1, 0.15) is 10.7 Å². The van der Waals surface area contributed by atoms with Gasteiger partial charge in [-0.1, -0.05) is 18.5 Å². The molecule has 146 valence electrons. The highest BCUT2D eigenvalue weighted by Gasteiger charge is 2.17. The highest BCUT2D eigenvalue weighted by molar-refractivity contribution is 7.09. The zero-order valence-corrected chi connectivity index (χ0v) is 16.9. The van der Waals surface area contributed by atoms with Gasteiger partial charge in [-0.2, -0.15) is 0 Å². The molecule has 1 aromatic heterocycles. The van der Waals surface area contributed by atoms with Crippen LogP contribution in [0.25, 0.3) is 0 Å². The van der Waals surface area contributed by atoms with E-state index in [1.165, 1.54) is 11.3 Å². The first-order valence-corrected chi connectivity index (χ1v) is 9.82. The molecule has 0 aliphatic carbocycles. The van der Waals surface area contributed by atoms with E-state index in [1.807, 2.05) is 6.92 Å². The number of carbonyl (C=O) groups is 2. The van der Waals surface area contributed by atoms with Crippen molar-refractivity contribution < 1.29 is 14.3 Å². The second-order valence-corrected chi connectivity index (χ2v) is 7.11. The summed E-state index contributed by atoms with van der Waals surface area (Å²) in [5.41, 5.74) is 1.01. The summed E-state index contributed by atoms with van der Waals surface area (Å²) in [6.45, 7) is 3.67. The second kappa shape index (κ2) is 10.9. The quantitative estimate of drug-likeness (QED) is 0.661. The predicted molar refractivity (Wildman–Crippen MR) is 107 cm³/mol. The van der Waals surface area contributed by atoms with Crippen LogP contribution in [0, 0.1) is 0 Å². The zero-order valence-electron chi connectivity index (χ0n) is 15.3. The van der Waals surface area contributed by atoms with Gasteiger partial charge in [0.25, 0.3) is 5.91 Å². The fraction of sp³-hybridized carbons (Fsp3) is 0.389. The Labute approximate surface area is 167 Å². The molecule has 27 heavy (non-hydrogen) atoms. The van der Waals surface area contributed by atoms with Gasteiger partial charge in [0, 0.05) is 36.3 Å². The number of ether oxygens (including phenoxy) is 1. The molecule has 1 heterocycles. The third-order valence-corrected chi connectivity index (χ3v) is 4.68. The Morgan fingerprint density at radius 2 is 2.04 bits per heavy atom. The third-order valence-electron chi connectivity index (χ3n) is 3.59. The molecule has 0 atom stereocenters. The lowest BCUT2D eigenvalue weighted by Gasteiger charge is -2.21. The number of hydrogen-bond donors (Lipinski definition) is 2. The number of carbonyl (C=O) groups excluding carboxylic acids is 2. The summed E-state index contributed by atoms with van der Waals surface area (Å²) >= 11 is 7.21. The normalized spacial score (nSPS) is 10.5. The molecule has 2 aromatic rings. The molecule has 0 bridgehead atoms. The van der Waals surface area contributed by atoms with Crippen LogP contribution in [0.1, 0.15) is 28.8 Å². The molecule has 3 amide bonds. The maximum atomic E-state index is 12.6. The molecule has 0 aliphatic rings. The zero-order chi connectivity index (χ0) is 19.6. The molecule has 0 saturated carbocycles. The smallest absolute Gasteiger partial charge is 0.322 e. The Hall–Kier alpha value is -2.16. The molecular formula is C18H23ClN4O3S. The standard InChI is InChI=1S/C18H23ClN4O3S/c1-3-8-20-17(24)15-12-27-16(22-15)11-23(9-10-26-2)18(25)21-14-6-4-13(19)5-7-14/h4-7,12H,3,8-11H2,1-2H3,(H,20,24)(H,21,25). The summed E-state index contributed by atoms with van der Waals surface area (Å²) < 4.78 is 5.09. The van der Waals surface area contributed by atoms with Crippen LogP contribution in [0.2, 0.25) is 5.02 Å². The molecule has 1 aromatic carbocycles. The van der Waals surface area contributed by atoms with Crippen molar-refractivity contribution in [2.24, 2.45) is 0 Å². The number of benzene rings is 1. The molecule has 0 radical (unpaired) electrons. The number of aromatic nitrogens is 1. The topological polar surface area (TPSA) is 83.6 Å². The summed E-state index contributed by atoms with van der Waals surface area (Å²) in [6, 6.07) is 6.60. The molecule has 0 unspecified atom stereocenters. The van der Waals surface area contributed by atoms with Crippen molar-refractivity contribution in [3.8, 4) is 0 Å². The van der Waals surface area contributed by atoms with Crippen LogP contribution in [0.15, 0.2) is 29.6 Å². The van der Waals surface area contributed by atoms with Gasteiger partial charge in [-0.25, -0.2) is 9.78 Å². The fourth-order valence-electron chi connectivity index (χ4n) is 2.17. The minimum absolute atomic E-state index is 0.201. The van der Waals surface area contributed by atoms with E-state index in [9.17, 15) is 9.59 Å². The number of nitrogens with zero attached hydrogens (tertiary/aromatic N) is 2. The average molecular weight is 411 g/mol. The molecule has 7 nitrogen and oxygen atoms in total. The van der Waals surface area contributed by atoms with Crippen LogP contribution in [0.3, 0.4) is 0 Å². The first-order chi connectivity index (χ1) is 13.0. The van der Waals surface area contributed by atoms with Gasteiger partial charge in [0.2, 0.25) is 0 Å². The number of urea groups is 1. The number of anilines is 1. The Kier molecular flexibility index (Phi) is 8.50. The maximum Gasteiger partial charge on any atom is 0.322 e. The largest absolute Gasteiger partial charge is 0.383 e. The number of nitrogens with one attached hydrogen (secondary N) is 2. The summed E-state index contributed by atoms with van der Waals surface area (Å²) in [6.07, 6.45) is 0.860. The predicted octanol–water partition coefficient (Wildman–Crippen LogP) is 3.62. The number of halogens is 1. The molecule has 2 N–H and O–H groups in total. The van der Waals surface area contributed by atoms with Gasteiger partial charge < -0.3 is 20.3 Å². The molecular weight excluding hydrogens is 388 g/mol. The number of thiazole rings is 1. The second-order valence-electron chi connectivity index (χ2n) is 5.73. The number of rotatable bonds is 9. The number of methoxy groups -OCH3 is 1. The SMILES string of the molecule is CCCNC(=O)c1csc(CN(CCOC)C(=O)Nc2ccc(Cl)cc2)n1. The monoisotopic (exact) mass is 410 g/mol. The van der Waals surface area contributed by atoms with Crippen LogP contribution < -0.4 is 10.6 Å². The molecule has 2 rings (SSSR count). The van der Waals surface area contributed by atoms with Crippen molar-refractivity contribution in [1.82, 2.24) is 15.2 Å². The van der Waals surface area contributed by atoms with Crippen LogP contribution in [-0.2, 0) is 11.3 Å². The molecule has 0 saturated heterocycles. The summed E-state index contributed by atoms with van der Waals surface area (Å²) in [5.74, 6) is -0.201. The summed E-state index contributed by atoms with van der Waals surface area (Å²) in [4.78, 5) is 30.5. The maximum absolute atomic E-state index is 12.6. The van der Waals surface area contributed by atoms with E-state index in [-0.39, 0.29) is 18.5 Å². The van der Waals surface area contributed by atoms with E-state index in [2.05, 4.69) is 15.6 Å².